The monoisotopic (exact) mass is 266 g/mol. The molecule has 2 unspecified atom stereocenters. The molecule has 2 heterocycles. The average molecular weight is 266 g/mol. The largest absolute Gasteiger partial charge is 0.300 e. The zero-order valence-corrected chi connectivity index (χ0v) is 9.04. The summed E-state index contributed by atoms with van der Waals surface area (Å²) in [5, 5.41) is 0. The van der Waals surface area contributed by atoms with Crippen molar-refractivity contribution < 1.29 is 0 Å². The normalized spacial score (nSPS) is 44.7. The molecule has 2 saturated heterocycles. The molecule has 11 heavy (non-hydrogen) atoms. The first-order chi connectivity index (χ1) is 5.31. The summed E-state index contributed by atoms with van der Waals surface area (Å²) in [6.45, 7) is 0. The van der Waals surface area contributed by atoms with E-state index in [-0.39, 0.29) is 0 Å². The van der Waals surface area contributed by atoms with E-state index in [0.717, 1.165) is 18.1 Å². The molecule has 2 aliphatic rings. The van der Waals surface area contributed by atoms with E-state index in [0.29, 0.717) is 0 Å². The lowest BCUT2D eigenvalue weighted by Gasteiger charge is -2.35. The van der Waals surface area contributed by atoms with Crippen molar-refractivity contribution in [3.63, 3.8) is 0 Å². The predicted octanol–water partition coefficient (Wildman–Crippen LogP) is 1.55. The Morgan fingerprint density at radius 2 is 1.82 bits per heavy atom. The number of rotatable bonds is 1. The topological polar surface area (TPSA) is 15.3 Å². The highest BCUT2D eigenvalue weighted by Crippen LogP contribution is 2.34. The van der Waals surface area contributed by atoms with Gasteiger partial charge in [-0.3, -0.25) is 3.53 Å². The Morgan fingerprint density at radius 1 is 1.27 bits per heavy atom. The van der Waals surface area contributed by atoms with Crippen LogP contribution in [-0.2, 0) is 0 Å². The molecular formula is C8H15IN2. The SMILES string of the molecule is CN1C2CCC1CC(NI)C2. The Balaban J connectivity index is 2.02. The standard InChI is InChI=1S/C8H15IN2/c1-11-7-2-3-8(11)5-6(4-7)10-9/h6-8,10H,2-5H2,1H3. The quantitative estimate of drug-likeness (QED) is 0.572. The molecule has 0 aromatic heterocycles. The highest BCUT2D eigenvalue weighted by atomic mass is 127. The van der Waals surface area contributed by atoms with E-state index in [9.17, 15) is 0 Å². The summed E-state index contributed by atoms with van der Waals surface area (Å²) < 4.78 is 3.37. The van der Waals surface area contributed by atoms with Gasteiger partial charge in [-0.15, -0.1) is 0 Å². The first-order valence-electron chi connectivity index (χ1n) is 4.39. The molecule has 2 atom stereocenters. The highest BCUT2D eigenvalue weighted by molar-refractivity contribution is 14.1. The third-order valence-corrected chi connectivity index (χ3v) is 4.13. The number of nitrogens with zero attached hydrogens (tertiary/aromatic N) is 1. The minimum atomic E-state index is 0.782. The molecule has 0 radical (unpaired) electrons. The molecule has 64 valence electrons. The van der Waals surface area contributed by atoms with Gasteiger partial charge in [-0.25, -0.2) is 0 Å². The van der Waals surface area contributed by atoms with E-state index in [4.69, 9.17) is 0 Å². The van der Waals surface area contributed by atoms with Crippen LogP contribution in [0.2, 0.25) is 0 Å². The molecule has 0 aromatic carbocycles. The van der Waals surface area contributed by atoms with Gasteiger partial charge in [0.25, 0.3) is 0 Å². The van der Waals surface area contributed by atoms with Gasteiger partial charge in [-0.05, 0) is 32.7 Å². The molecule has 1 N–H and O–H groups in total. The average Bonchev–Trinajstić information content (AvgIpc) is 2.26. The summed E-state index contributed by atoms with van der Waals surface area (Å²) in [6, 6.07) is 2.53. The zero-order valence-electron chi connectivity index (χ0n) is 6.89. The van der Waals surface area contributed by atoms with Gasteiger partial charge in [-0.1, -0.05) is 0 Å². The van der Waals surface area contributed by atoms with Crippen LogP contribution in [0.1, 0.15) is 25.7 Å². The molecule has 2 bridgehead atoms. The van der Waals surface area contributed by atoms with Crippen LogP contribution in [0.5, 0.6) is 0 Å². The minimum Gasteiger partial charge on any atom is -0.300 e. The highest BCUT2D eigenvalue weighted by Gasteiger charge is 2.37. The number of halogens is 1. The van der Waals surface area contributed by atoms with Crippen LogP contribution in [0.25, 0.3) is 0 Å². The van der Waals surface area contributed by atoms with Crippen molar-refractivity contribution in [3.05, 3.63) is 0 Å². The Kier molecular flexibility index (Phi) is 2.39. The summed E-state index contributed by atoms with van der Waals surface area (Å²) in [7, 11) is 2.28. The second kappa shape index (κ2) is 3.18. The van der Waals surface area contributed by atoms with E-state index < -0.39 is 0 Å². The molecule has 2 aliphatic heterocycles. The summed E-state index contributed by atoms with van der Waals surface area (Å²) in [6.07, 6.45) is 5.57. The van der Waals surface area contributed by atoms with E-state index in [1.165, 1.54) is 25.7 Å². The fourth-order valence-corrected chi connectivity index (χ4v) is 3.01. The van der Waals surface area contributed by atoms with E-state index in [1.807, 2.05) is 0 Å². The van der Waals surface area contributed by atoms with Gasteiger partial charge < -0.3 is 4.90 Å². The van der Waals surface area contributed by atoms with Gasteiger partial charge >= 0.3 is 0 Å². The van der Waals surface area contributed by atoms with Crippen molar-refractivity contribution in [1.29, 1.82) is 0 Å². The lowest BCUT2D eigenvalue weighted by atomic mass is 9.99. The van der Waals surface area contributed by atoms with Gasteiger partial charge in [0.1, 0.15) is 0 Å². The van der Waals surface area contributed by atoms with Crippen LogP contribution in [0.15, 0.2) is 0 Å². The summed E-state index contributed by atoms with van der Waals surface area (Å²) in [4.78, 5) is 2.57. The number of piperidine rings is 1. The van der Waals surface area contributed by atoms with Crippen LogP contribution in [0.3, 0.4) is 0 Å². The maximum absolute atomic E-state index is 3.37. The smallest absolute Gasteiger partial charge is 0.0193 e. The lowest BCUT2D eigenvalue weighted by molar-refractivity contribution is 0.160. The first kappa shape index (κ1) is 8.26. The van der Waals surface area contributed by atoms with Crippen LogP contribution in [0, 0.1) is 0 Å². The van der Waals surface area contributed by atoms with E-state index in [2.05, 4.69) is 38.3 Å². The maximum Gasteiger partial charge on any atom is 0.0193 e. The molecular weight excluding hydrogens is 251 g/mol. The summed E-state index contributed by atoms with van der Waals surface area (Å²) >= 11 is 2.29. The predicted molar refractivity (Wildman–Crippen MR) is 54.8 cm³/mol. The van der Waals surface area contributed by atoms with Crippen molar-refractivity contribution in [1.82, 2.24) is 8.43 Å². The van der Waals surface area contributed by atoms with Crippen molar-refractivity contribution in [3.8, 4) is 0 Å². The number of hydrogen-bond acceptors (Lipinski definition) is 2. The Labute approximate surface area is 82.2 Å². The fraction of sp³-hybridized carbons (Fsp3) is 1.00. The number of hydrogen-bond donors (Lipinski definition) is 1. The minimum absolute atomic E-state index is 0.782. The van der Waals surface area contributed by atoms with Crippen molar-refractivity contribution in [2.75, 3.05) is 7.05 Å². The molecule has 0 amide bonds. The lowest BCUT2D eigenvalue weighted by Crippen LogP contribution is -2.44. The Bertz CT molecular complexity index is 137. The van der Waals surface area contributed by atoms with Crippen molar-refractivity contribution in [2.45, 2.75) is 43.8 Å². The fourth-order valence-electron chi connectivity index (χ4n) is 2.50. The zero-order chi connectivity index (χ0) is 7.84. The second-order valence-electron chi connectivity index (χ2n) is 3.83. The third kappa shape index (κ3) is 1.42. The number of nitrogens with one attached hydrogen (secondary N) is 1. The van der Waals surface area contributed by atoms with Gasteiger partial charge in [0.15, 0.2) is 0 Å². The molecule has 0 aromatic rings. The molecule has 0 spiro atoms. The molecule has 2 fully saturated rings. The first-order valence-corrected chi connectivity index (χ1v) is 5.47. The summed E-state index contributed by atoms with van der Waals surface area (Å²) in [5.41, 5.74) is 0. The summed E-state index contributed by atoms with van der Waals surface area (Å²) in [5.74, 6) is 0. The molecule has 3 heteroatoms. The molecule has 0 saturated carbocycles. The second-order valence-corrected chi connectivity index (χ2v) is 4.45. The molecule has 2 rings (SSSR count). The molecule has 2 nitrogen and oxygen atoms in total. The molecule has 0 aliphatic carbocycles. The van der Waals surface area contributed by atoms with Crippen LogP contribution < -0.4 is 3.53 Å². The maximum atomic E-state index is 3.37. The third-order valence-electron chi connectivity index (χ3n) is 3.25. The van der Waals surface area contributed by atoms with Crippen LogP contribution in [0.4, 0.5) is 0 Å². The van der Waals surface area contributed by atoms with Gasteiger partial charge in [0.05, 0.1) is 0 Å². The van der Waals surface area contributed by atoms with Gasteiger partial charge in [0.2, 0.25) is 0 Å². The van der Waals surface area contributed by atoms with Crippen molar-refractivity contribution in [2.24, 2.45) is 0 Å². The Hall–Kier alpha value is 0.650. The van der Waals surface area contributed by atoms with Gasteiger partial charge in [-0.2, -0.15) is 0 Å². The van der Waals surface area contributed by atoms with Gasteiger partial charge in [0, 0.05) is 41.0 Å². The van der Waals surface area contributed by atoms with Crippen LogP contribution in [-0.4, -0.2) is 30.1 Å². The number of fused-ring (bicyclic) bond motifs is 2. The van der Waals surface area contributed by atoms with E-state index in [1.54, 1.807) is 0 Å². The van der Waals surface area contributed by atoms with Crippen molar-refractivity contribution >= 4 is 22.9 Å². The Morgan fingerprint density at radius 3 is 2.27 bits per heavy atom. The van der Waals surface area contributed by atoms with E-state index >= 15 is 0 Å². The van der Waals surface area contributed by atoms with Crippen LogP contribution >= 0.6 is 22.9 Å².